The minimum Gasteiger partial charge on any atom is -0.302 e. The van der Waals surface area contributed by atoms with Gasteiger partial charge in [0, 0.05) is 5.69 Å². The highest BCUT2D eigenvalue weighted by molar-refractivity contribution is 5.33. The number of nitrogens with zero attached hydrogens (tertiary/aromatic N) is 3. The number of alkyl halides is 3. The second-order valence-electron chi connectivity index (χ2n) is 4.05. The number of nitrogens with one attached hydrogen (secondary N) is 1. The first-order chi connectivity index (χ1) is 8.97. The highest BCUT2D eigenvalue weighted by Gasteiger charge is 2.26. The summed E-state index contributed by atoms with van der Waals surface area (Å²) < 4.78 is 38.0. The van der Waals surface area contributed by atoms with Crippen LogP contribution in [-0.2, 0) is 6.54 Å². The monoisotopic (exact) mass is 270 g/mol. The first kappa shape index (κ1) is 13.5. The van der Waals surface area contributed by atoms with Gasteiger partial charge in [0.15, 0.2) is 5.82 Å². The predicted molar refractivity (Wildman–Crippen MR) is 63.9 cm³/mol. The molecule has 1 heterocycles. The zero-order valence-electron chi connectivity index (χ0n) is 10.3. The summed E-state index contributed by atoms with van der Waals surface area (Å²) in [6.07, 6.45) is -4.23. The van der Waals surface area contributed by atoms with Gasteiger partial charge in [-0.25, -0.2) is 0 Å². The Morgan fingerprint density at radius 3 is 2.47 bits per heavy atom. The Morgan fingerprint density at radius 2 is 1.84 bits per heavy atom. The molecule has 0 aliphatic carbocycles. The maximum absolute atomic E-state index is 12.1. The van der Waals surface area contributed by atoms with E-state index in [1.807, 2.05) is 30.3 Å². The maximum Gasteiger partial charge on any atom is 0.401 e. The van der Waals surface area contributed by atoms with E-state index in [9.17, 15) is 13.2 Å². The lowest BCUT2D eigenvalue weighted by atomic mass is 10.3. The molecule has 0 saturated carbocycles. The van der Waals surface area contributed by atoms with Crippen LogP contribution in [0.15, 0.2) is 30.3 Å². The Balaban J connectivity index is 2.15. The Morgan fingerprint density at radius 1 is 1.16 bits per heavy atom. The van der Waals surface area contributed by atoms with Crippen molar-refractivity contribution in [1.82, 2.24) is 20.1 Å². The van der Waals surface area contributed by atoms with Crippen LogP contribution in [0.4, 0.5) is 13.2 Å². The maximum atomic E-state index is 12.1. The van der Waals surface area contributed by atoms with Gasteiger partial charge in [-0.15, -0.1) is 10.2 Å². The fraction of sp³-hybridized carbons (Fsp3) is 0.333. The average molecular weight is 270 g/mol. The molecule has 19 heavy (non-hydrogen) atoms. The van der Waals surface area contributed by atoms with Gasteiger partial charge in [-0.3, -0.25) is 4.57 Å². The Hall–Kier alpha value is -1.89. The molecule has 0 unspecified atom stereocenters. The van der Waals surface area contributed by atoms with Crippen molar-refractivity contribution < 1.29 is 13.2 Å². The van der Waals surface area contributed by atoms with E-state index in [-0.39, 0.29) is 6.54 Å². The number of hydrogen-bond acceptors (Lipinski definition) is 3. The van der Waals surface area contributed by atoms with Crippen molar-refractivity contribution in [2.75, 3.05) is 6.54 Å². The molecule has 1 N–H and O–H groups in total. The molecule has 0 fully saturated rings. The first-order valence-electron chi connectivity index (χ1n) is 5.71. The molecule has 1 aromatic carbocycles. The van der Waals surface area contributed by atoms with Crippen LogP contribution in [0, 0.1) is 6.92 Å². The molecule has 0 radical (unpaired) electrons. The minimum absolute atomic E-state index is 0.00917. The number of hydrogen-bond donors (Lipinski definition) is 1. The van der Waals surface area contributed by atoms with Crippen molar-refractivity contribution in [3.63, 3.8) is 0 Å². The molecule has 4 nitrogen and oxygen atoms in total. The Labute approximate surface area is 108 Å². The second kappa shape index (κ2) is 5.40. The van der Waals surface area contributed by atoms with Crippen molar-refractivity contribution in [1.29, 1.82) is 0 Å². The van der Waals surface area contributed by atoms with Gasteiger partial charge in [-0.1, -0.05) is 18.2 Å². The van der Waals surface area contributed by atoms with Crippen molar-refractivity contribution in [2.45, 2.75) is 19.6 Å². The lowest BCUT2D eigenvalue weighted by Crippen LogP contribution is -2.29. The Kier molecular flexibility index (Phi) is 3.84. The second-order valence-corrected chi connectivity index (χ2v) is 4.05. The normalized spacial score (nSPS) is 11.8. The van der Waals surface area contributed by atoms with Crippen LogP contribution in [0.1, 0.15) is 11.6 Å². The van der Waals surface area contributed by atoms with Gasteiger partial charge < -0.3 is 5.32 Å². The van der Waals surface area contributed by atoms with Crippen molar-refractivity contribution in [3.8, 4) is 5.69 Å². The molecule has 0 saturated heterocycles. The van der Waals surface area contributed by atoms with Crippen LogP contribution < -0.4 is 5.32 Å². The summed E-state index contributed by atoms with van der Waals surface area (Å²) in [6, 6.07) is 9.27. The van der Waals surface area contributed by atoms with E-state index in [1.54, 1.807) is 11.5 Å². The fourth-order valence-electron chi connectivity index (χ4n) is 1.75. The molecular formula is C12H13F3N4. The standard InChI is InChI=1S/C12H13F3N4/c1-9-17-18-11(7-16-8-12(13,14)15)19(9)10-5-3-2-4-6-10/h2-6,16H,7-8H2,1H3. The van der Waals surface area contributed by atoms with Crippen LogP contribution in [-0.4, -0.2) is 27.5 Å². The van der Waals surface area contributed by atoms with E-state index in [0.717, 1.165) is 5.69 Å². The minimum atomic E-state index is -4.23. The molecule has 0 aliphatic rings. The molecule has 1 aromatic heterocycles. The molecule has 0 amide bonds. The summed E-state index contributed by atoms with van der Waals surface area (Å²) in [6.45, 7) is 0.718. The van der Waals surface area contributed by atoms with Crippen LogP contribution >= 0.6 is 0 Å². The van der Waals surface area contributed by atoms with Crippen molar-refractivity contribution in [2.24, 2.45) is 0 Å². The molecule has 0 spiro atoms. The Bertz CT molecular complexity index is 534. The smallest absolute Gasteiger partial charge is 0.302 e. The molecule has 102 valence electrons. The summed E-state index contributed by atoms with van der Waals surface area (Å²) >= 11 is 0. The quantitative estimate of drug-likeness (QED) is 0.926. The van der Waals surface area contributed by atoms with E-state index < -0.39 is 12.7 Å². The summed E-state index contributed by atoms with van der Waals surface area (Å²) in [5.74, 6) is 1.09. The zero-order chi connectivity index (χ0) is 13.9. The summed E-state index contributed by atoms with van der Waals surface area (Å²) in [5.41, 5.74) is 0.828. The van der Waals surface area contributed by atoms with E-state index in [0.29, 0.717) is 11.6 Å². The van der Waals surface area contributed by atoms with Crippen molar-refractivity contribution >= 4 is 0 Å². The van der Waals surface area contributed by atoms with Gasteiger partial charge >= 0.3 is 6.18 Å². The van der Waals surface area contributed by atoms with E-state index in [4.69, 9.17) is 0 Å². The van der Waals surface area contributed by atoms with Crippen LogP contribution in [0.3, 0.4) is 0 Å². The molecule has 7 heteroatoms. The topological polar surface area (TPSA) is 42.7 Å². The number of aromatic nitrogens is 3. The van der Waals surface area contributed by atoms with Gasteiger partial charge in [0.1, 0.15) is 5.82 Å². The third-order valence-electron chi connectivity index (χ3n) is 2.51. The highest BCUT2D eigenvalue weighted by Crippen LogP contribution is 2.14. The zero-order valence-corrected chi connectivity index (χ0v) is 10.3. The number of benzene rings is 1. The molecule has 0 bridgehead atoms. The highest BCUT2D eigenvalue weighted by atomic mass is 19.4. The van der Waals surface area contributed by atoms with Gasteiger partial charge in [-0.2, -0.15) is 13.2 Å². The fourth-order valence-corrected chi connectivity index (χ4v) is 1.75. The molecular weight excluding hydrogens is 257 g/mol. The summed E-state index contributed by atoms with van der Waals surface area (Å²) in [5, 5.41) is 10.1. The van der Waals surface area contributed by atoms with Crippen molar-refractivity contribution in [3.05, 3.63) is 42.0 Å². The predicted octanol–water partition coefficient (Wildman–Crippen LogP) is 2.23. The van der Waals surface area contributed by atoms with Crippen LogP contribution in [0.25, 0.3) is 5.69 Å². The van der Waals surface area contributed by atoms with E-state index in [2.05, 4.69) is 15.5 Å². The molecule has 2 aromatic rings. The van der Waals surface area contributed by atoms with Gasteiger partial charge in [0.25, 0.3) is 0 Å². The third kappa shape index (κ3) is 3.54. The van der Waals surface area contributed by atoms with Crippen LogP contribution in [0.5, 0.6) is 0 Å². The SMILES string of the molecule is Cc1nnc(CNCC(F)(F)F)n1-c1ccccc1. The summed E-state index contributed by atoms with van der Waals surface area (Å²) in [4.78, 5) is 0. The molecule has 0 aliphatic heterocycles. The summed E-state index contributed by atoms with van der Waals surface area (Å²) in [7, 11) is 0. The molecule has 0 atom stereocenters. The number of rotatable bonds is 4. The lowest BCUT2D eigenvalue weighted by molar-refractivity contribution is -0.125. The van der Waals surface area contributed by atoms with Gasteiger partial charge in [0.05, 0.1) is 13.1 Å². The van der Waals surface area contributed by atoms with Crippen LogP contribution in [0.2, 0.25) is 0 Å². The number of halogens is 3. The number of aryl methyl sites for hydroxylation is 1. The first-order valence-corrected chi connectivity index (χ1v) is 5.71. The average Bonchev–Trinajstić information content (AvgIpc) is 2.70. The third-order valence-corrected chi connectivity index (χ3v) is 2.51. The molecule has 2 rings (SSSR count). The number of para-hydroxylation sites is 1. The van der Waals surface area contributed by atoms with E-state index >= 15 is 0 Å². The largest absolute Gasteiger partial charge is 0.401 e. The van der Waals surface area contributed by atoms with Gasteiger partial charge in [0.2, 0.25) is 0 Å². The van der Waals surface area contributed by atoms with Gasteiger partial charge in [-0.05, 0) is 19.1 Å². The van der Waals surface area contributed by atoms with E-state index in [1.165, 1.54) is 0 Å². The lowest BCUT2D eigenvalue weighted by Gasteiger charge is -2.10.